The Hall–Kier alpha value is -1.79. The minimum absolute atomic E-state index is 0.0236. The van der Waals surface area contributed by atoms with Crippen molar-refractivity contribution < 1.29 is 48.2 Å². The van der Waals surface area contributed by atoms with Crippen LogP contribution in [0.15, 0.2) is 0 Å². The van der Waals surface area contributed by atoms with Crippen LogP contribution < -0.4 is 5.32 Å². The van der Waals surface area contributed by atoms with Crippen molar-refractivity contribution in [3.05, 3.63) is 0 Å². The van der Waals surface area contributed by atoms with Crippen molar-refractivity contribution in [3.63, 3.8) is 0 Å². The first-order valence-electron chi connectivity index (χ1n) is 14.9. The molecule has 0 unspecified atom stereocenters. The lowest BCUT2D eigenvalue weighted by atomic mass is 9.58. The van der Waals surface area contributed by atoms with Gasteiger partial charge in [-0.15, -0.1) is 0 Å². The van der Waals surface area contributed by atoms with E-state index in [1.165, 1.54) is 0 Å². The number of ether oxygens (including phenoxy) is 4. The van der Waals surface area contributed by atoms with Crippen LogP contribution in [0.25, 0.3) is 0 Å². The van der Waals surface area contributed by atoms with Gasteiger partial charge in [0, 0.05) is 37.3 Å². The molecule has 2 N–H and O–H groups in total. The highest BCUT2D eigenvalue weighted by molar-refractivity contribution is 5.82. The summed E-state index contributed by atoms with van der Waals surface area (Å²) in [6.45, 7) is 10.5. The minimum Gasteiger partial charge on any atom is -0.481 e. The lowest BCUT2D eigenvalue weighted by Gasteiger charge is -2.59. The molecule has 1 saturated carbocycles. The van der Waals surface area contributed by atoms with E-state index < -0.39 is 41.9 Å². The molecule has 6 fully saturated rings. The minimum atomic E-state index is -0.979. The van der Waals surface area contributed by atoms with E-state index in [4.69, 9.17) is 28.7 Å². The molecule has 0 radical (unpaired) electrons. The highest BCUT2D eigenvalue weighted by Crippen LogP contribution is 2.60. The van der Waals surface area contributed by atoms with E-state index >= 15 is 0 Å². The number of carbonyl (C=O) groups excluding carboxylic acids is 2. The van der Waals surface area contributed by atoms with Crippen molar-refractivity contribution in [1.29, 1.82) is 0 Å². The first-order valence-corrected chi connectivity index (χ1v) is 14.9. The van der Waals surface area contributed by atoms with Crippen molar-refractivity contribution in [2.24, 2.45) is 29.6 Å². The summed E-state index contributed by atoms with van der Waals surface area (Å²) in [6, 6.07) is -0.532. The van der Waals surface area contributed by atoms with E-state index in [1.54, 1.807) is 0 Å². The second kappa shape index (κ2) is 11.1. The number of amides is 1. The molecule has 2 bridgehead atoms. The van der Waals surface area contributed by atoms with Crippen LogP contribution in [-0.2, 0) is 43.1 Å². The van der Waals surface area contributed by atoms with Crippen LogP contribution in [-0.4, -0.2) is 65.2 Å². The summed E-state index contributed by atoms with van der Waals surface area (Å²) in [5.74, 6) is -2.34. The van der Waals surface area contributed by atoms with Gasteiger partial charge in [0.15, 0.2) is 11.9 Å². The zero-order chi connectivity index (χ0) is 28.9. The Morgan fingerprint density at radius 1 is 1.02 bits per heavy atom. The van der Waals surface area contributed by atoms with Crippen molar-refractivity contribution in [3.8, 4) is 0 Å². The molecule has 6 aliphatic rings. The van der Waals surface area contributed by atoms with Gasteiger partial charge in [0.1, 0.15) is 0 Å². The van der Waals surface area contributed by atoms with E-state index in [0.717, 1.165) is 19.3 Å². The van der Waals surface area contributed by atoms with Crippen LogP contribution >= 0.6 is 0 Å². The van der Waals surface area contributed by atoms with Gasteiger partial charge in [-0.1, -0.05) is 13.8 Å². The smallest absolute Gasteiger partial charge is 0.308 e. The van der Waals surface area contributed by atoms with Crippen LogP contribution in [0.5, 0.6) is 0 Å². The van der Waals surface area contributed by atoms with E-state index in [9.17, 15) is 19.5 Å². The average molecular weight is 568 g/mol. The van der Waals surface area contributed by atoms with Gasteiger partial charge in [-0.25, -0.2) is 9.78 Å². The summed E-state index contributed by atoms with van der Waals surface area (Å²) in [4.78, 5) is 49.1. The molecule has 40 heavy (non-hydrogen) atoms. The van der Waals surface area contributed by atoms with Gasteiger partial charge in [-0.05, 0) is 70.6 Å². The second-order valence-electron chi connectivity index (χ2n) is 13.4. The number of fused-ring (bicyclic) bond motifs is 2. The number of aliphatic carboxylic acids is 1. The molecule has 0 aromatic carbocycles. The standard InChI is InChI=1S/C29H45NO10/c1-16-6-7-20-17(2)25(37-26-29(20)19(16)10-12-28(5,38-26)39-40-29)36-24(34)9-8-22(31)30-21(14-23(32)33)18-11-13-35-27(3,4)15-18/h16-21,25-26H,6-15H2,1-5H3,(H,30,31)(H,32,33)/t16-,17-,18-,19+,20+,21+,25-,26-,28-,29-/m1/s1. The Morgan fingerprint density at radius 3 is 2.52 bits per heavy atom. The highest BCUT2D eigenvalue weighted by Gasteiger charge is 2.69. The Bertz CT molecular complexity index is 988. The van der Waals surface area contributed by atoms with Gasteiger partial charge in [0.25, 0.3) is 0 Å². The number of carboxylic acids is 1. The Morgan fingerprint density at radius 2 is 1.80 bits per heavy atom. The maximum absolute atomic E-state index is 12.9. The first-order chi connectivity index (χ1) is 18.8. The lowest BCUT2D eigenvalue weighted by molar-refractivity contribution is -0.576. The van der Waals surface area contributed by atoms with E-state index in [2.05, 4.69) is 12.2 Å². The molecular formula is C29H45NO10. The SMILES string of the molecule is C[C@H]1[C@H](OC(=O)CCC(=O)N[C@@H](CC(=O)O)[C@@H]2CCOC(C)(C)C2)O[C@@H]2O[C@@]3(C)CC[C@H]4[C@H](C)CC[C@@H]1[C@@]24OO3. The second-order valence-corrected chi connectivity index (χ2v) is 13.4. The topological polar surface area (TPSA) is 139 Å². The van der Waals surface area contributed by atoms with Gasteiger partial charge in [-0.2, -0.15) is 0 Å². The number of hydrogen-bond donors (Lipinski definition) is 2. The third-order valence-corrected chi connectivity index (χ3v) is 9.95. The molecule has 11 nitrogen and oxygen atoms in total. The lowest BCUT2D eigenvalue weighted by Crippen LogP contribution is -2.70. The maximum Gasteiger partial charge on any atom is 0.308 e. The Labute approximate surface area is 235 Å². The zero-order valence-electron chi connectivity index (χ0n) is 24.3. The molecule has 1 amide bonds. The van der Waals surface area contributed by atoms with E-state index in [0.29, 0.717) is 31.8 Å². The van der Waals surface area contributed by atoms with Crippen molar-refractivity contribution in [2.75, 3.05) is 6.61 Å². The zero-order valence-corrected chi connectivity index (χ0v) is 24.3. The Kier molecular flexibility index (Phi) is 8.26. The van der Waals surface area contributed by atoms with Crippen LogP contribution in [0.4, 0.5) is 0 Å². The first kappa shape index (κ1) is 29.7. The average Bonchev–Trinajstić information content (AvgIpc) is 3.10. The number of nitrogens with one attached hydrogen (secondary N) is 1. The molecule has 5 aliphatic heterocycles. The van der Waals surface area contributed by atoms with Crippen LogP contribution in [0.3, 0.4) is 0 Å². The Balaban J connectivity index is 1.19. The third-order valence-electron chi connectivity index (χ3n) is 9.95. The number of carbonyl (C=O) groups is 3. The highest BCUT2D eigenvalue weighted by atomic mass is 17.3. The third kappa shape index (κ3) is 5.77. The molecule has 1 spiro atoms. The number of rotatable bonds is 8. The molecule has 226 valence electrons. The van der Waals surface area contributed by atoms with Crippen LogP contribution in [0.1, 0.15) is 92.4 Å². The molecule has 0 aromatic heterocycles. The predicted octanol–water partition coefficient (Wildman–Crippen LogP) is 3.68. The molecule has 5 saturated heterocycles. The monoisotopic (exact) mass is 567 g/mol. The summed E-state index contributed by atoms with van der Waals surface area (Å²) in [5, 5.41) is 12.3. The fourth-order valence-corrected chi connectivity index (χ4v) is 7.84. The fraction of sp³-hybridized carbons (Fsp3) is 0.897. The van der Waals surface area contributed by atoms with Gasteiger partial charge >= 0.3 is 11.9 Å². The maximum atomic E-state index is 12.9. The summed E-state index contributed by atoms with van der Waals surface area (Å²) in [6.07, 6.45) is 2.85. The van der Waals surface area contributed by atoms with Crippen molar-refractivity contribution >= 4 is 17.8 Å². The normalized spacial score (nSPS) is 42.7. The van der Waals surface area contributed by atoms with Crippen molar-refractivity contribution in [2.45, 2.75) is 128 Å². The molecule has 6 rings (SSSR count). The molecule has 10 atom stereocenters. The summed E-state index contributed by atoms with van der Waals surface area (Å²) < 4.78 is 24.1. The van der Waals surface area contributed by atoms with Crippen LogP contribution in [0.2, 0.25) is 0 Å². The largest absolute Gasteiger partial charge is 0.481 e. The molecule has 5 heterocycles. The number of carboxylic acid groups (broad SMARTS) is 1. The van der Waals surface area contributed by atoms with Gasteiger partial charge in [0.05, 0.1) is 18.4 Å². The molecule has 1 aliphatic carbocycles. The van der Waals surface area contributed by atoms with Gasteiger partial charge in [0.2, 0.25) is 18.0 Å². The molecular weight excluding hydrogens is 522 g/mol. The fourth-order valence-electron chi connectivity index (χ4n) is 7.84. The van der Waals surface area contributed by atoms with Crippen molar-refractivity contribution in [1.82, 2.24) is 5.32 Å². The van der Waals surface area contributed by atoms with E-state index in [-0.39, 0.29) is 54.4 Å². The molecule has 11 heteroatoms. The van der Waals surface area contributed by atoms with Gasteiger partial charge in [-0.3, -0.25) is 14.4 Å². The van der Waals surface area contributed by atoms with E-state index in [1.807, 2.05) is 27.7 Å². The molecule has 0 aromatic rings. The predicted molar refractivity (Wildman–Crippen MR) is 139 cm³/mol. The summed E-state index contributed by atoms with van der Waals surface area (Å²) in [5.41, 5.74) is -1.12. The quantitative estimate of drug-likeness (QED) is 0.330. The summed E-state index contributed by atoms with van der Waals surface area (Å²) >= 11 is 0. The summed E-state index contributed by atoms with van der Waals surface area (Å²) in [7, 11) is 0. The number of hydrogen-bond acceptors (Lipinski definition) is 9. The number of esters is 1. The van der Waals surface area contributed by atoms with Gasteiger partial charge < -0.3 is 29.4 Å². The van der Waals surface area contributed by atoms with Crippen LogP contribution in [0, 0.1) is 29.6 Å².